The number of rotatable bonds is 4. The lowest BCUT2D eigenvalue weighted by molar-refractivity contribution is -0.123. The number of halogens is 1. The number of hydrogen-bond donors (Lipinski definition) is 1. The number of piperidine rings is 1. The van der Waals surface area contributed by atoms with E-state index >= 15 is 0 Å². The van der Waals surface area contributed by atoms with Crippen LogP contribution in [0.25, 0.3) is 0 Å². The van der Waals surface area contributed by atoms with E-state index in [0.717, 1.165) is 23.7 Å². The van der Waals surface area contributed by atoms with Crippen LogP contribution in [-0.2, 0) is 11.3 Å². The van der Waals surface area contributed by atoms with Crippen LogP contribution in [-0.4, -0.2) is 30.4 Å². The van der Waals surface area contributed by atoms with Gasteiger partial charge >= 0.3 is 0 Å². The molecule has 20 heavy (non-hydrogen) atoms. The first-order chi connectivity index (χ1) is 9.52. The van der Waals surface area contributed by atoms with Gasteiger partial charge in [-0.2, -0.15) is 0 Å². The van der Waals surface area contributed by atoms with Gasteiger partial charge in [-0.25, -0.2) is 0 Å². The van der Waals surface area contributed by atoms with Crippen molar-refractivity contribution in [1.29, 1.82) is 0 Å². The minimum absolute atomic E-state index is 0.0984. The van der Waals surface area contributed by atoms with Gasteiger partial charge in [0.1, 0.15) is 0 Å². The highest BCUT2D eigenvalue weighted by Gasteiger charge is 2.22. The fourth-order valence-corrected chi connectivity index (χ4v) is 3.11. The molecule has 1 aromatic carbocycles. The van der Waals surface area contributed by atoms with E-state index in [1.807, 2.05) is 24.3 Å². The number of likely N-dealkylation sites (tertiary alicyclic amines) is 1. The van der Waals surface area contributed by atoms with Crippen molar-refractivity contribution in [2.24, 2.45) is 11.8 Å². The maximum absolute atomic E-state index is 12.0. The van der Waals surface area contributed by atoms with Gasteiger partial charge < -0.3 is 5.32 Å². The Morgan fingerprint density at radius 1 is 1.25 bits per heavy atom. The Morgan fingerprint density at radius 2 is 1.85 bits per heavy atom. The molecule has 4 heteroatoms. The Hall–Kier alpha value is -1.06. The first kappa shape index (κ1) is 15.3. The molecular formula is C16H23ClN2O. The van der Waals surface area contributed by atoms with Crippen LogP contribution in [0.2, 0.25) is 5.02 Å². The summed E-state index contributed by atoms with van der Waals surface area (Å²) in [7, 11) is 0. The second-order valence-corrected chi connectivity index (χ2v) is 6.48. The van der Waals surface area contributed by atoms with Crippen LogP contribution < -0.4 is 5.32 Å². The van der Waals surface area contributed by atoms with Crippen molar-refractivity contribution in [3.63, 3.8) is 0 Å². The van der Waals surface area contributed by atoms with E-state index < -0.39 is 0 Å². The molecule has 0 saturated carbocycles. The SMILES string of the molecule is C[C@@H]1C[C@@H](C)CN(CC(=O)NCc2ccc(Cl)cc2)C1. The lowest BCUT2D eigenvalue weighted by atomic mass is 9.92. The second-order valence-electron chi connectivity index (χ2n) is 6.04. The van der Waals surface area contributed by atoms with E-state index in [4.69, 9.17) is 11.6 Å². The zero-order chi connectivity index (χ0) is 14.5. The first-order valence-electron chi connectivity index (χ1n) is 7.26. The number of hydrogen-bond acceptors (Lipinski definition) is 2. The van der Waals surface area contributed by atoms with Gasteiger partial charge in [0.2, 0.25) is 5.91 Å². The Kier molecular flexibility index (Phi) is 5.44. The monoisotopic (exact) mass is 294 g/mol. The molecule has 3 nitrogen and oxygen atoms in total. The van der Waals surface area contributed by atoms with Crippen molar-refractivity contribution < 1.29 is 4.79 Å². The van der Waals surface area contributed by atoms with Crippen molar-refractivity contribution in [3.05, 3.63) is 34.9 Å². The van der Waals surface area contributed by atoms with E-state index in [-0.39, 0.29) is 5.91 Å². The van der Waals surface area contributed by atoms with Crippen LogP contribution >= 0.6 is 11.6 Å². The summed E-state index contributed by atoms with van der Waals surface area (Å²) in [5, 5.41) is 3.69. The van der Waals surface area contributed by atoms with E-state index in [0.29, 0.717) is 24.9 Å². The lowest BCUT2D eigenvalue weighted by Gasteiger charge is -2.34. The highest BCUT2D eigenvalue weighted by atomic mass is 35.5. The summed E-state index contributed by atoms with van der Waals surface area (Å²) in [6.45, 7) is 7.64. The van der Waals surface area contributed by atoms with Gasteiger partial charge in [0.15, 0.2) is 0 Å². The molecule has 1 aliphatic heterocycles. The third kappa shape index (κ3) is 4.80. The van der Waals surface area contributed by atoms with Crippen LogP contribution in [0.1, 0.15) is 25.8 Å². The highest BCUT2D eigenvalue weighted by molar-refractivity contribution is 6.30. The Balaban J connectivity index is 1.76. The Bertz CT molecular complexity index is 436. The van der Waals surface area contributed by atoms with E-state index in [1.165, 1.54) is 6.42 Å². The molecule has 1 fully saturated rings. The summed E-state index contributed by atoms with van der Waals surface area (Å²) in [5.74, 6) is 1.46. The molecule has 0 radical (unpaired) electrons. The number of nitrogens with zero attached hydrogens (tertiary/aromatic N) is 1. The van der Waals surface area contributed by atoms with Crippen molar-refractivity contribution in [1.82, 2.24) is 10.2 Å². The van der Waals surface area contributed by atoms with E-state index in [1.54, 1.807) is 0 Å². The number of nitrogens with one attached hydrogen (secondary N) is 1. The summed E-state index contributed by atoms with van der Waals surface area (Å²) >= 11 is 5.84. The van der Waals surface area contributed by atoms with E-state index in [9.17, 15) is 4.79 Å². The molecule has 2 rings (SSSR count). The molecule has 1 aliphatic rings. The molecule has 0 aromatic heterocycles. The molecule has 0 unspecified atom stereocenters. The Labute approximate surface area is 126 Å². The fraction of sp³-hybridized carbons (Fsp3) is 0.562. The van der Waals surface area contributed by atoms with Crippen molar-refractivity contribution >= 4 is 17.5 Å². The summed E-state index contributed by atoms with van der Waals surface area (Å²) < 4.78 is 0. The number of amides is 1. The Morgan fingerprint density at radius 3 is 2.45 bits per heavy atom. The van der Waals surface area contributed by atoms with Crippen LogP contribution in [0.4, 0.5) is 0 Å². The van der Waals surface area contributed by atoms with Crippen LogP contribution in [0, 0.1) is 11.8 Å². The molecule has 1 N–H and O–H groups in total. The summed E-state index contributed by atoms with van der Waals surface area (Å²) in [5.41, 5.74) is 1.07. The van der Waals surface area contributed by atoms with Gasteiger partial charge in [0, 0.05) is 24.7 Å². The molecule has 1 aromatic rings. The van der Waals surface area contributed by atoms with Crippen molar-refractivity contribution in [3.8, 4) is 0 Å². The summed E-state index contributed by atoms with van der Waals surface area (Å²) in [6, 6.07) is 7.56. The number of benzene rings is 1. The highest BCUT2D eigenvalue weighted by Crippen LogP contribution is 2.20. The maximum Gasteiger partial charge on any atom is 0.234 e. The summed E-state index contributed by atoms with van der Waals surface area (Å²) in [6.07, 6.45) is 1.27. The predicted molar refractivity (Wildman–Crippen MR) is 82.7 cm³/mol. The van der Waals surface area contributed by atoms with Crippen molar-refractivity contribution in [2.45, 2.75) is 26.8 Å². The molecule has 1 saturated heterocycles. The predicted octanol–water partition coefficient (Wildman–Crippen LogP) is 2.93. The van der Waals surface area contributed by atoms with Crippen LogP contribution in [0.5, 0.6) is 0 Å². The lowest BCUT2D eigenvalue weighted by Crippen LogP contribution is -2.44. The molecule has 1 amide bonds. The van der Waals surface area contributed by atoms with Gasteiger partial charge in [0.05, 0.1) is 6.54 Å². The van der Waals surface area contributed by atoms with Gasteiger partial charge in [0.25, 0.3) is 0 Å². The normalized spacial score (nSPS) is 23.6. The van der Waals surface area contributed by atoms with Gasteiger partial charge in [-0.1, -0.05) is 37.6 Å². The zero-order valence-corrected chi connectivity index (χ0v) is 13.0. The third-order valence-corrected chi connectivity index (χ3v) is 3.97. The van der Waals surface area contributed by atoms with Gasteiger partial charge in [-0.15, -0.1) is 0 Å². The standard InChI is InChI=1S/C16H23ClN2O/c1-12-7-13(2)10-19(9-12)11-16(20)18-8-14-3-5-15(17)6-4-14/h3-6,12-13H,7-11H2,1-2H3,(H,18,20)/t12-,13-/m1/s1. The summed E-state index contributed by atoms with van der Waals surface area (Å²) in [4.78, 5) is 14.2. The van der Waals surface area contributed by atoms with Crippen LogP contribution in [0.3, 0.4) is 0 Å². The largest absolute Gasteiger partial charge is 0.351 e. The van der Waals surface area contributed by atoms with E-state index in [2.05, 4.69) is 24.1 Å². The number of carbonyl (C=O) groups excluding carboxylic acids is 1. The topological polar surface area (TPSA) is 32.3 Å². The first-order valence-corrected chi connectivity index (χ1v) is 7.64. The molecule has 1 heterocycles. The zero-order valence-electron chi connectivity index (χ0n) is 12.2. The average molecular weight is 295 g/mol. The third-order valence-electron chi connectivity index (χ3n) is 3.71. The van der Waals surface area contributed by atoms with Gasteiger partial charge in [-0.3, -0.25) is 9.69 Å². The molecule has 0 bridgehead atoms. The average Bonchev–Trinajstić information content (AvgIpc) is 2.37. The minimum atomic E-state index is 0.0984. The molecular weight excluding hydrogens is 272 g/mol. The minimum Gasteiger partial charge on any atom is -0.351 e. The smallest absolute Gasteiger partial charge is 0.234 e. The quantitative estimate of drug-likeness (QED) is 0.926. The van der Waals surface area contributed by atoms with Crippen molar-refractivity contribution in [2.75, 3.05) is 19.6 Å². The molecule has 0 spiro atoms. The maximum atomic E-state index is 12.0. The van der Waals surface area contributed by atoms with Gasteiger partial charge in [-0.05, 0) is 36.0 Å². The number of carbonyl (C=O) groups is 1. The fourth-order valence-electron chi connectivity index (χ4n) is 2.98. The molecule has 2 atom stereocenters. The molecule has 110 valence electrons. The second kappa shape index (κ2) is 7.09. The molecule has 0 aliphatic carbocycles. The van der Waals surface area contributed by atoms with Crippen LogP contribution in [0.15, 0.2) is 24.3 Å².